The van der Waals surface area contributed by atoms with Gasteiger partial charge in [-0.3, -0.25) is 0 Å². The number of benzene rings is 1. The van der Waals surface area contributed by atoms with E-state index in [1.165, 1.54) is 25.0 Å². The summed E-state index contributed by atoms with van der Waals surface area (Å²) in [4.78, 5) is 0. The van der Waals surface area contributed by atoms with Crippen molar-refractivity contribution in [3.63, 3.8) is 0 Å². The summed E-state index contributed by atoms with van der Waals surface area (Å²) < 4.78 is 13.2. The molecule has 17 heavy (non-hydrogen) atoms. The van der Waals surface area contributed by atoms with E-state index in [9.17, 15) is 9.50 Å². The summed E-state index contributed by atoms with van der Waals surface area (Å²) in [5.74, 6) is 0.463. The van der Waals surface area contributed by atoms with Crippen molar-refractivity contribution in [1.29, 1.82) is 0 Å². The van der Waals surface area contributed by atoms with Crippen LogP contribution in [0.3, 0.4) is 0 Å². The van der Waals surface area contributed by atoms with Crippen molar-refractivity contribution >= 4 is 0 Å². The van der Waals surface area contributed by atoms with Crippen molar-refractivity contribution in [1.82, 2.24) is 0 Å². The second-order valence-corrected chi connectivity index (χ2v) is 5.25. The fourth-order valence-corrected chi connectivity index (χ4v) is 2.87. The van der Waals surface area contributed by atoms with Crippen LogP contribution in [0.15, 0.2) is 24.3 Å². The van der Waals surface area contributed by atoms with Gasteiger partial charge >= 0.3 is 0 Å². The molecule has 1 N–H and O–H groups in total. The smallest absolute Gasteiger partial charge is 0.123 e. The molecule has 1 aromatic carbocycles. The summed E-state index contributed by atoms with van der Waals surface area (Å²) in [6.45, 7) is 2.21. The van der Waals surface area contributed by atoms with Gasteiger partial charge in [0.25, 0.3) is 0 Å². The van der Waals surface area contributed by atoms with Gasteiger partial charge in [0.05, 0.1) is 5.60 Å². The number of rotatable bonds is 2. The maximum atomic E-state index is 13.2. The summed E-state index contributed by atoms with van der Waals surface area (Å²) in [6, 6.07) is 6.44. The van der Waals surface area contributed by atoms with Crippen molar-refractivity contribution in [3.8, 4) is 0 Å². The quantitative estimate of drug-likeness (QED) is 0.769. The minimum atomic E-state index is -0.813. The standard InChI is InChI=1S/C15H21FO/c1-2-12-5-4-9-15(17,10-8-12)13-6-3-7-14(16)11-13/h3,6-7,11-12,17H,2,4-5,8-10H2,1H3. The minimum absolute atomic E-state index is 0.257. The summed E-state index contributed by atoms with van der Waals surface area (Å²) in [6.07, 6.45) is 5.96. The van der Waals surface area contributed by atoms with Crippen molar-refractivity contribution in [2.45, 2.75) is 51.0 Å². The molecule has 2 rings (SSSR count). The van der Waals surface area contributed by atoms with Gasteiger partial charge in [0.2, 0.25) is 0 Å². The van der Waals surface area contributed by atoms with E-state index in [-0.39, 0.29) is 5.82 Å². The summed E-state index contributed by atoms with van der Waals surface area (Å²) in [5.41, 5.74) is -0.0688. The first-order valence-electron chi connectivity index (χ1n) is 6.62. The largest absolute Gasteiger partial charge is 0.385 e. The molecule has 1 aromatic rings. The van der Waals surface area contributed by atoms with Crippen LogP contribution < -0.4 is 0 Å². The highest BCUT2D eigenvalue weighted by Gasteiger charge is 2.32. The van der Waals surface area contributed by atoms with Crippen LogP contribution in [0.1, 0.15) is 51.0 Å². The Labute approximate surface area is 103 Å². The van der Waals surface area contributed by atoms with Crippen LogP contribution in [0.25, 0.3) is 0 Å². The van der Waals surface area contributed by atoms with Crippen LogP contribution in [0.2, 0.25) is 0 Å². The maximum absolute atomic E-state index is 13.2. The van der Waals surface area contributed by atoms with Gasteiger partial charge in [-0.1, -0.05) is 31.9 Å². The lowest BCUT2D eigenvalue weighted by molar-refractivity contribution is 0.0193. The van der Waals surface area contributed by atoms with Gasteiger partial charge in [-0.15, -0.1) is 0 Å². The Hall–Kier alpha value is -0.890. The molecule has 0 amide bonds. The third kappa shape index (κ3) is 2.86. The van der Waals surface area contributed by atoms with Gasteiger partial charge in [-0.25, -0.2) is 4.39 Å². The third-order valence-corrected chi connectivity index (χ3v) is 4.11. The predicted octanol–water partition coefficient (Wildman–Crippen LogP) is 4.00. The average Bonchev–Trinajstić information content (AvgIpc) is 2.52. The molecule has 0 aromatic heterocycles. The van der Waals surface area contributed by atoms with E-state index in [1.54, 1.807) is 6.07 Å². The lowest BCUT2D eigenvalue weighted by atomic mass is 9.86. The van der Waals surface area contributed by atoms with Gasteiger partial charge in [0.1, 0.15) is 5.82 Å². The van der Waals surface area contributed by atoms with Gasteiger partial charge < -0.3 is 5.11 Å². The van der Waals surface area contributed by atoms with E-state index < -0.39 is 5.60 Å². The highest BCUT2D eigenvalue weighted by Crippen LogP contribution is 2.38. The Morgan fingerprint density at radius 1 is 1.35 bits per heavy atom. The molecular weight excluding hydrogens is 215 g/mol. The van der Waals surface area contributed by atoms with Crippen molar-refractivity contribution in [2.75, 3.05) is 0 Å². The van der Waals surface area contributed by atoms with E-state index in [1.807, 2.05) is 6.07 Å². The monoisotopic (exact) mass is 236 g/mol. The highest BCUT2D eigenvalue weighted by molar-refractivity contribution is 5.23. The van der Waals surface area contributed by atoms with Gasteiger partial charge in [0.15, 0.2) is 0 Å². The molecule has 0 heterocycles. The lowest BCUT2D eigenvalue weighted by Crippen LogP contribution is -2.24. The lowest BCUT2D eigenvalue weighted by Gasteiger charge is -2.27. The number of hydrogen-bond acceptors (Lipinski definition) is 1. The first kappa shape index (κ1) is 12.6. The average molecular weight is 236 g/mol. The Bertz CT molecular complexity index is 377. The van der Waals surface area contributed by atoms with Crippen molar-refractivity contribution in [2.24, 2.45) is 5.92 Å². The fraction of sp³-hybridized carbons (Fsp3) is 0.600. The van der Waals surface area contributed by atoms with Crippen LogP contribution >= 0.6 is 0 Å². The van der Waals surface area contributed by atoms with Crippen molar-refractivity contribution in [3.05, 3.63) is 35.6 Å². The molecule has 1 saturated carbocycles. The van der Waals surface area contributed by atoms with E-state index in [0.29, 0.717) is 0 Å². The van der Waals surface area contributed by atoms with Crippen LogP contribution in [0, 0.1) is 11.7 Å². The SMILES string of the molecule is CCC1CCCC(O)(c2cccc(F)c2)CC1. The van der Waals surface area contributed by atoms with E-state index in [0.717, 1.165) is 37.2 Å². The predicted molar refractivity (Wildman–Crippen MR) is 67.2 cm³/mol. The maximum Gasteiger partial charge on any atom is 0.123 e. The Kier molecular flexibility index (Phi) is 3.82. The molecule has 2 unspecified atom stereocenters. The zero-order valence-corrected chi connectivity index (χ0v) is 10.5. The van der Waals surface area contributed by atoms with Crippen LogP contribution in [0.4, 0.5) is 4.39 Å². The number of hydrogen-bond donors (Lipinski definition) is 1. The van der Waals surface area contributed by atoms with Crippen LogP contribution in [0.5, 0.6) is 0 Å². The van der Waals surface area contributed by atoms with Crippen molar-refractivity contribution < 1.29 is 9.50 Å². The minimum Gasteiger partial charge on any atom is -0.385 e. The molecule has 1 fully saturated rings. The first-order valence-corrected chi connectivity index (χ1v) is 6.62. The topological polar surface area (TPSA) is 20.2 Å². The molecule has 0 radical (unpaired) electrons. The molecule has 2 heteroatoms. The Morgan fingerprint density at radius 2 is 2.18 bits per heavy atom. The van der Waals surface area contributed by atoms with Crippen LogP contribution in [-0.4, -0.2) is 5.11 Å². The van der Waals surface area contributed by atoms with E-state index >= 15 is 0 Å². The number of halogens is 1. The zero-order chi connectivity index (χ0) is 12.3. The second kappa shape index (κ2) is 5.18. The molecule has 1 aliphatic rings. The summed E-state index contributed by atoms with van der Waals surface area (Å²) >= 11 is 0. The number of aliphatic hydroxyl groups is 1. The normalized spacial score (nSPS) is 29.9. The Balaban J connectivity index is 2.18. The molecule has 1 aliphatic carbocycles. The first-order chi connectivity index (χ1) is 8.14. The summed E-state index contributed by atoms with van der Waals surface area (Å²) in [7, 11) is 0. The van der Waals surface area contributed by atoms with Gasteiger partial charge in [-0.05, 0) is 49.3 Å². The van der Waals surface area contributed by atoms with E-state index in [4.69, 9.17) is 0 Å². The molecule has 0 saturated heterocycles. The zero-order valence-electron chi connectivity index (χ0n) is 10.5. The molecule has 0 spiro atoms. The summed E-state index contributed by atoms with van der Waals surface area (Å²) in [5, 5.41) is 10.7. The van der Waals surface area contributed by atoms with Gasteiger partial charge in [0, 0.05) is 0 Å². The fourth-order valence-electron chi connectivity index (χ4n) is 2.87. The molecule has 0 bridgehead atoms. The molecular formula is C15H21FO. The van der Waals surface area contributed by atoms with Gasteiger partial charge in [-0.2, -0.15) is 0 Å². The second-order valence-electron chi connectivity index (χ2n) is 5.25. The molecule has 2 atom stereocenters. The molecule has 94 valence electrons. The molecule has 1 nitrogen and oxygen atoms in total. The molecule has 0 aliphatic heterocycles. The van der Waals surface area contributed by atoms with Crippen LogP contribution in [-0.2, 0) is 5.60 Å². The van der Waals surface area contributed by atoms with E-state index in [2.05, 4.69) is 6.92 Å². The Morgan fingerprint density at radius 3 is 2.88 bits per heavy atom. The highest BCUT2D eigenvalue weighted by atomic mass is 19.1. The third-order valence-electron chi connectivity index (χ3n) is 4.11.